The largest absolute Gasteiger partial charge is 0.508 e. The van der Waals surface area contributed by atoms with E-state index in [0.29, 0.717) is 19.4 Å². The average molecular weight is 366 g/mol. The molecule has 0 saturated carbocycles. The lowest BCUT2D eigenvalue weighted by Crippen LogP contribution is -2.60. The first-order valence-electron chi connectivity index (χ1n) is 9.65. The van der Waals surface area contributed by atoms with Crippen molar-refractivity contribution in [1.82, 2.24) is 9.80 Å². The molecule has 2 fully saturated rings. The molecule has 0 aromatic heterocycles. The van der Waals surface area contributed by atoms with Gasteiger partial charge in [-0.15, -0.1) is 0 Å². The van der Waals surface area contributed by atoms with Gasteiger partial charge in [-0.05, 0) is 29.7 Å². The van der Waals surface area contributed by atoms with Crippen LogP contribution in [0.3, 0.4) is 0 Å². The summed E-state index contributed by atoms with van der Waals surface area (Å²) in [5.41, 5.74) is 2.36. The zero-order valence-corrected chi connectivity index (χ0v) is 15.5. The Balaban J connectivity index is 1.35. The van der Waals surface area contributed by atoms with Gasteiger partial charge < -0.3 is 14.7 Å². The minimum atomic E-state index is 0.199. The van der Waals surface area contributed by atoms with Gasteiger partial charge >= 0.3 is 0 Å². The Hall–Kier alpha value is -2.37. The van der Waals surface area contributed by atoms with E-state index < -0.39 is 0 Å². The molecule has 2 aliphatic heterocycles. The molecular weight excluding hydrogens is 340 g/mol. The third kappa shape index (κ3) is 4.15. The second-order valence-corrected chi connectivity index (χ2v) is 7.36. The number of fused-ring (bicyclic) bond motifs is 1. The van der Waals surface area contributed by atoms with Gasteiger partial charge in [-0.1, -0.05) is 42.5 Å². The van der Waals surface area contributed by atoms with E-state index in [1.165, 1.54) is 5.56 Å². The van der Waals surface area contributed by atoms with E-state index in [9.17, 15) is 9.90 Å². The second kappa shape index (κ2) is 8.11. The number of carbonyl (C=O) groups is 1. The van der Waals surface area contributed by atoms with Crippen LogP contribution in [0, 0.1) is 0 Å². The predicted molar refractivity (Wildman–Crippen MR) is 104 cm³/mol. The van der Waals surface area contributed by atoms with E-state index in [1.807, 2.05) is 23.1 Å². The number of amides is 1. The highest BCUT2D eigenvalue weighted by Gasteiger charge is 2.37. The van der Waals surface area contributed by atoms with Gasteiger partial charge in [0, 0.05) is 26.1 Å². The van der Waals surface area contributed by atoms with Crippen molar-refractivity contribution in [3.05, 3.63) is 65.7 Å². The molecule has 5 nitrogen and oxygen atoms in total. The SMILES string of the molecule is O=C(CCc1ccc(O)cc1)N1CCN2[C@@H](COC[C@@H]2c2ccccc2)C1. The van der Waals surface area contributed by atoms with Crippen LogP contribution in [-0.4, -0.2) is 59.7 Å². The van der Waals surface area contributed by atoms with E-state index in [2.05, 4.69) is 29.2 Å². The van der Waals surface area contributed by atoms with Crippen LogP contribution in [-0.2, 0) is 16.0 Å². The maximum Gasteiger partial charge on any atom is 0.223 e. The monoisotopic (exact) mass is 366 g/mol. The van der Waals surface area contributed by atoms with Crippen LogP contribution in [0.4, 0.5) is 0 Å². The number of rotatable bonds is 4. The van der Waals surface area contributed by atoms with Crippen molar-refractivity contribution in [1.29, 1.82) is 0 Å². The number of phenolic OH excluding ortho intramolecular Hbond substituents is 1. The molecule has 1 amide bonds. The van der Waals surface area contributed by atoms with Crippen molar-refractivity contribution in [2.75, 3.05) is 32.8 Å². The van der Waals surface area contributed by atoms with Crippen molar-refractivity contribution < 1.29 is 14.6 Å². The number of hydrogen-bond donors (Lipinski definition) is 1. The Bertz CT molecular complexity index is 763. The molecule has 4 rings (SSSR count). The Morgan fingerprint density at radius 1 is 1.04 bits per heavy atom. The number of ether oxygens (including phenoxy) is 1. The predicted octanol–water partition coefficient (Wildman–Crippen LogP) is 2.61. The van der Waals surface area contributed by atoms with Gasteiger partial charge in [-0.2, -0.15) is 0 Å². The lowest BCUT2D eigenvalue weighted by Gasteiger charge is -2.48. The number of piperazine rings is 1. The van der Waals surface area contributed by atoms with Gasteiger partial charge in [-0.3, -0.25) is 9.69 Å². The number of morpholine rings is 1. The molecule has 0 unspecified atom stereocenters. The quantitative estimate of drug-likeness (QED) is 0.904. The minimum absolute atomic E-state index is 0.199. The summed E-state index contributed by atoms with van der Waals surface area (Å²) in [7, 11) is 0. The van der Waals surface area contributed by atoms with Crippen LogP contribution in [0.1, 0.15) is 23.6 Å². The van der Waals surface area contributed by atoms with E-state index >= 15 is 0 Å². The van der Waals surface area contributed by atoms with Gasteiger partial charge in [0.05, 0.1) is 25.3 Å². The van der Waals surface area contributed by atoms with Gasteiger partial charge in [0.15, 0.2) is 0 Å². The summed E-state index contributed by atoms with van der Waals surface area (Å²) in [5, 5.41) is 9.36. The summed E-state index contributed by atoms with van der Waals surface area (Å²) in [6.07, 6.45) is 1.20. The van der Waals surface area contributed by atoms with Crippen molar-refractivity contribution in [2.45, 2.75) is 24.9 Å². The Morgan fingerprint density at radius 2 is 1.81 bits per heavy atom. The molecule has 0 aliphatic carbocycles. The Kier molecular flexibility index (Phi) is 5.41. The van der Waals surface area contributed by atoms with Crippen LogP contribution in [0.2, 0.25) is 0 Å². The van der Waals surface area contributed by atoms with E-state index in [1.54, 1.807) is 12.1 Å². The minimum Gasteiger partial charge on any atom is -0.508 e. The molecule has 2 atom stereocenters. The maximum absolute atomic E-state index is 12.7. The summed E-state index contributed by atoms with van der Waals surface area (Å²) >= 11 is 0. The number of carbonyl (C=O) groups excluding carboxylic acids is 1. The van der Waals surface area contributed by atoms with E-state index in [0.717, 1.165) is 31.8 Å². The topological polar surface area (TPSA) is 53.0 Å². The Morgan fingerprint density at radius 3 is 2.59 bits per heavy atom. The van der Waals surface area contributed by atoms with Gasteiger partial charge in [-0.25, -0.2) is 0 Å². The zero-order chi connectivity index (χ0) is 18.6. The fourth-order valence-corrected chi connectivity index (χ4v) is 4.10. The van der Waals surface area contributed by atoms with Gasteiger partial charge in [0.1, 0.15) is 5.75 Å². The molecule has 2 aromatic carbocycles. The summed E-state index contributed by atoms with van der Waals surface area (Å²) < 4.78 is 5.87. The smallest absolute Gasteiger partial charge is 0.223 e. The summed E-state index contributed by atoms with van der Waals surface area (Å²) in [6.45, 7) is 3.80. The summed E-state index contributed by atoms with van der Waals surface area (Å²) in [4.78, 5) is 17.2. The highest BCUT2D eigenvalue weighted by Crippen LogP contribution is 2.29. The number of benzene rings is 2. The number of aryl methyl sites for hydroxylation is 1. The van der Waals surface area contributed by atoms with Crippen LogP contribution in [0.5, 0.6) is 5.75 Å². The van der Waals surface area contributed by atoms with Crippen molar-refractivity contribution in [2.24, 2.45) is 0 Å². The Labute approximate surface area is 160 Å². The van der Waals surface area contributed by atoms with Gasteiger partial charge in [0.2, 0.25) is 5.91 Å². The molecule has 0 radical (unpaired) electrons. The van der Waals surface area contributed by atoms with E-state index in [-0.39, 0.29) is 23.7 Å². The van der Waals surface area contributed by atoms with Gasteiger partial charge in [0.25, 0.3) is 0 Å². The molecule has 2 aromatic rings. The lowest BCUT2D eigenvalue weighted by molar-refractivity contribution is -0.140. The summed E-state index contributed by atoms with van der Waals surface area (Å²) in [5.74, 6) is 0.455. The average Bonchev–Trinajstić information content (AvgIpc) is 2.73. The molecule has 5 heteroatoms. The van der Waals surface area contributed by atoms with Crippen molar-refractivity contribution in [3.63, 3.8) is 0 Å². The highest BCUT2D eigenvalue weighted by atomic mass is 16.5. The molecule has 27 heavy (non-hydrogen) atoms. The fraction of sp³-hybridized carbons (Fsp3) is 0.409. The van der Waals surface area contributed by atoms with Crippen molar-refractivity contribution >= 4 is 5.91 Å². The molecule has 142 valence electrons. The normalized spacial score (nSPS) is 23.0. The third-order valence-electron chi connectivity index (χ3n) is 5.62. The molecule has 0 spiro atoms. The molecule has 0 bridgehead atoms. The number of aromatic hydroxyl groups is 1. The molecule has 2 heterocycles. The first-order valence-corrected chi connectivity index (χ1v) is 9.65. The van der Waals surface area contributed by atoms with Crippen LogP contribution in [0.25, 0.3) is 0 Å². The first-order chi connectivity index (χ1) is 13.2. The number of phenols is 1. The first kappa shape index (κ1) is 18.0. The molecule has 1 N–H and O–H groups in total. The third-order valence-corrected chi connectivity index (χ3v) is 5.62. The van der Waals surface area contributed by atoms with Crippen molar-refractivity contribution in [3.8, 4) is 5.75 Å². The molecule has 2 aliphatic rings. The zero-order valence-electron chi connectivity index (χ0n) is 15.5. The summed E-state index contributed by atoms with van der Waals surface area (Å²) in [6, 6.07) is 18.1. The fourth-order valence-electron chi connectivity index (χ4n) is 4.10. The van der Waals surface area contributed by atoms with Crippen LogP contribution < -0.4 is 0 Å². The van der Waals surface area contributed by atoms with Crippen LogP contribution in [0.15, 0.2) is 54.6 Å². The standard InChI is InChI=1S/C22H26N2O3/c25-20-9-6-17(7-10-20)8-11-22(26)23-12-13-24-19(14-23)15-27-16-21(24)18-4-2-1-3-5-18/h1-7,9-10,19,21,25H,8,11-16H2/t19-,21-/m1/s1. The lowest BCUT2D eigenvalue weighted by atomic mass is 10.00. The maximum atomic E-state index is 12.7. The molecule has 2 saturated heterocycles. The second-order valence-electron chi connectivity index (χ2n) is 7.36. The number of hydrogen-bond acceptors (Lipinski definition) is 4. The van der Waals surface area contributed by atoms with Crippen LogP contribution >= 0.6 is 0 Å². The highest BCUT2D eigenvalue weighted by molar-refractivity contribution is 5.76. The molecular formula is C22H26N2O3. The number of nitrogens with zero attached hydrogens (tertiary/aromatic N) is 2. The van der Waals surface area contributed by atoms with E-state index in [4.69, 9.17) is 4.74 Å².